The molecule has 2 aromatic heterocycles. The molecule has 0 bridgehead atoms. The summed E-state index contributed by atoms with van der Waals surface area (Å²) in [5.41, 5.74) is 4.57. The SMILES string of the molecule is N=C(c1ccc2sc3ccccc3c2c1)c1ccc(-c2nc3ccccc3s2)c2ccccc12. The molecule has 0 fully saturated rings. The molecule has 0 spiro atoms. The van der Waals surface area contributed by atoms with E-state index in [2.05, 4.69) is 97.1 Å². The second-order valence-corrected chi connectivity index (χ2v) is 10.5. The second kappa shape index (κ2) is 7.59. The molecule has 1 N–H and O–H groups in total. The van der Waals surface area contributed by atoms with Gasteiger partial charge in [0, 0.05) is 36.9 Å². The molecule has 7 rings (SSSR count). The van der Waals surface area contributed by atoms with Crippen molar-refractivity contribution < 1.29 is 0 Å². The summed E-state index contributed by atoms with van der Waals surface area (Å²) in [7, 11) is 0. The highest BCUT2D eigenvalue weighted by molar-refractivity contribution is 7.25. The van der Waals surface area contributed by atoms with Crippen LogP contribution in [0.25, 0.3) is 51.7 Å². The van der Waals surface area contributed by atoms with Gasteiger partial charge in [-0.05, 0) is 41.1 Å². The molecular formula is C30H18N2S2. The first-order valence-corrected chi connectivity index (χ1v) is 12.8. The molecule has 0 saturated carbocycles. The van der Waals surface area contributed by atoms with Crippen molar-refractivity contribution in [3.05, 3.63) is 114 Å². The highest BCUT2D eigenvalue weighted by Gasteiger charge is 2.16. The van der Waals surface area contributed by atoms with Gasteiger partial charge in [-0.3, -0.25) is 5.41 Å². The van der Waals surface area contributed by atoms with Crippen LogP contribution in [0.1, 0.15) is 11.1 Å². The van der Waals surface area contributed by atoms with E-state index in [1.165, 1.54) is 24.9 Å². The number of thiophene rings is 1. The Bertz CT molecular complexity index is 1860. The van der Waals surface area contributed by atoms with Crippen molar-refractivity contribution in [1.29, 1.82) is 5.41 Å². The van der Waals surface area contributed by atoms with Gasteiger partial charge in [0.1, 0.15) is 5.01 Å². The lowest BCUT2D eigenvalue weighted by Gasteiger charge is -2.12. The molecule has 7 aromatic rings. The number of nitrogens with zero attached hydrogens (tertiary/aromatic N) is 1. The number of thiazole rings is 1. The number of nitrogens with one attached hydrogen (secondary N) is 1. The molecule has 4 heteroatoms. The summed E-state index contributed by atoms with van der Waals surface area (Å²) in [5, 5.41) is 14.8. The van der Waals surface area contributed by atoms with E-state index in [0.29, 0.717) is 5.71 Å². The molecule has 0 atom stereocenters. The molecule has 34 heavy (non-hydrogen) atoms. The second-order valence-electron chi connectivity index (χ2n) is 8.38. The molecule has 2 heterocycles. The fraction of sp³-hybridized carbons (Fsp3) is 0. The van der Waals surface area contributed by atoms with Gasteiger partial charge in [-0.1, -0.05) is 72.8 Å². The summed E-state index contributed by atoms with van der Waals surface area (Å²) >= 11 is 3.52. The van der Waals surface area contributed by atoms with Gasteiger partial charge in [0.05, 0.1) is 15.9 Å². The summed E-state index contributed by atoms with van der Waals surface area (Å²) in [6.07, 6.45) is 0. The first-order valence-electron chi connectivity index (χ1n) is 11.1. The molecule has 5 aromatic carbocycles. The van der Waals surface area contributed by atoms with Gasteiger partial charge in [0.2, 0.25) is 0 Å². The Morgan fingerprint density at radius 3 is 2.15 bits per heavy atom. The van der Waals surface area contributed by atoms with E-state index in [-0.39, 0.29) is 0 Å². The maximum atomic E-state index is 9.14. The van der Waals surface area contributed by atoms with Crippen molar-refractivity contribution in [2.45, 2.75) is 0 Å². The van der Waals surface area contributed by atoms with Crippen LogP contribution in [-0.2, 0) is 0 Å². The number of hydrogen-bond acceptors (Lipinski definition) is 4. The van der Waals surface area contributed by atoms with E-state index in [1.807, 2.05) is 6.07 Å². The van der Waals surface area contributed by atoms with Gasteiger partial charge in [-0.25, -0.2) is 4.98 Å². The number of para-hydroxylation sites is 1. The Morgan fingerprint density at radius 2 is 1.29 bits per heavy atom. The largest absolute Gasteiger partial charge is 0.300 e. The van der Waals surface area contributed by atoms with E-state index in [4.69, 9.17) is 10.4 Å². The van der Waals surface area contributed by atoms with Crippen molar-refractivity contribution in [2.75, 3.05) is 0 Å². The van der Waals surface area contributed by atoms with E-state index in [0.717, 1.165) is 38.0 Å². The van der Waals surface area contributed by atoms with Crippen LogP contribution in [0.15, 0.2) is 103 Å². The summed E-state index contributed by atoms with van der Waals surface area (Å²) in [6, 6.07) is 35.8. The maximum absolute atomic E-state index is 9.14. The highest BCUT2D eigenvalue weighted by Crippen LogP contribution is 2.37. The van der Waals surface area contributed by atoms with Gasteiger partial charge >= 0.3 is 0 Å². The van der Waals surface area contributed by atoms with Crippen molar-refractivity contribution in [3.8, 4) is 10.6 Å². The highest BCUT2D eigenvalue weighted by atomic mass is 32.1. The molecule has 0 saturated heterocycles. The number of fused-ring (bicyclic) bond motifs is 5. The van der Waals surface area contributed by atoms with Gasteiger partial charge < -0.3 is 0 Å². The third-order valence-corrected chi connectivity index (χ3v) is 8.60. The molecule has 0 aliphatic heterocycles. The molecule has 0 radical (unpaired) electrons. The minimum absolute atomic E-state index is 0.546. The lowest BCUT2D eigenvalue weighted by Crippen LogP contribution is -2.02. The molecular weight excluding hydrogens is 452 g/mol. The van der Waals surface area contributed by atoms with Crippen LogP contribution in [0, 0.1) is 5.41 Å². The Hall–Kier alpha value is -3.86. The predicted molar refractivity (Wildman–Crippen MR) is 148 cm³/mol. The van der Waals surface area contributed by atoms with Crippen LogP contribution in [-0.4, -0.2) is 10.7 Å². The first kappa shape index (κ1) is 19.6. The smallest absolute Gasteiger partial charge is 0.125 e. The first-order chi connectivity index (χ1) is 16.8. The van der Waals surface area contributed by atoms with E-state index in [1.54, 1.807) is 22.7 Å². The van der Waals surface area contributed by atoms with Crippen LogP contribution in [0.4, 0.5) is 0 Å². The molecule has 0 amide bonds. The monoisotopic (exact) mass is 470 g/mol. The predicted octanol–water partition coefficient (Wildman–Crippen LogP) is 8.90. The third-order valence-electron chi connectivity index (χ3n) is 6.38. The zero-order chi connectivity index (χ0) is 22.6. The summed E-state index contributed by atoms with van der Waals surface area (Å²) in [6.45, 7) is 0. The summed E-state index contributed by atoms with van der Waals surface area (Å²) in [4.78, 5) is 4.89. The maximum Gasteiger partial charge on any atom is 0.125 e. The lowest BCUT2D eigenvalue weighted by molar-refractivity contribution is 1.47. The van der Waals surface area contributed by atoms with Crippen LogP contribution in [0.2, 0.25) is 0 Å². The van der Waals surface area contributed by atoms with Crippen molar-refractivity contribution in [3.63, 3.8) is 0 Å². The number of hydrogen-bond donors (Lipinski definition) is 1. The van der Waals surface area contributed by atoms with Crippen LogP contribution < -0.4 is 0 Å². The van der Waals surface area contributed by atoms with Gasteiger partial charge in [0.15, 0.2) is 0 Å². The molecule has 0 aliphatic carbocycles. The average Bonchev–Trinajstić information content (AvgIpc) is 3.48. The molecule has 0 unspecified atom stereocenters. The minimum atomic E-state index is 0.546. The number of benzene rings is 5. The zero-order valence-corrected chi connectivity index (χ0v) is 19.7. The average molecular weight is 471 g/mol. The lowest BCUT2D eigenvalue weighted by atomic mass is 9.93. The standard InChI is InChI=1S/C30H18N2S2/c31-29(18-13-16-27-24(17-18)21-9-3-5-11-26(21)33-27)22-14-15-23(20-8-2-1-7-19(20)22)30-32-25-10-4-6-12-28(25)34-30/h1-17,31H. The molecule has 0 aliphatic rings. The fourth-order valence-electron chi connectivity index (χ4n) is 4.73. The summed E-state index contributed by atoms with van der Waals surface area (Å²) < 4.78 is 3.73. The van der Waals surface area contributed by atoms with Crippen molar-refractivity contribution in [2.24, 2.45) is 0 Å². The van der Waals surface area contributed by atoms with E-state index >= 15 is 0 Å². The Kier molecular flexibility index (Phi) is 4.37. The van der Waals surface area contributed by atoms with E-state index < -0.39 is 0 Å². The van der Waals surface area contributed by atoms with E-state index in [9.17, 15) is 0 Å². The quantitative estimate of drug-likeness (QED) is 0.257. The fourth-order valence-corrected chi connectivity index (χ4v) is 6.82. The topological polar surface area (TPSA) is 36.7 Å². The van der Waals surface area contributed by atoms with Crippen molar-refractivity contribution >= 4 is 69.5 Å². The molecule has 160 valence electrons. The number of rotatable bonds is 3. The Labute approximate surface area is 204 Å². The Morgan fingerprint density at radius 1 is 0.588 bits per heavy atom. The Balaban J connectivity index is 1.39. The zero-order valence-electron chi connectivity index (χ0n) is 18.1. The minimum Gasteiger partial charge on any atom is -0.300 e. The number of aromatic nitrogens is 1. The summed E-state index contributed by atoms with van der Waals surface area (Å²) in [5.74, 6) is 0. The third kappa shape index (κ3) is 3.00. The molecule has 2 nitrogen and oxygen atoms in total. The van der Waals surface area contributed by atoms with Crippen LogP contribution in [0.5, 0.6) is 0 Å². The van der Waals surface area contributed by atoms with Gasteiger partial charge in [0.25, 0.3) is 0 Å². The van der Waals surface area contributed by atoms with Crippen LogP contribution >= 0.6 is 22.7 Å². The van der Waals surface area contributed by atoms with Gasteiger partial charge in [-0.2, -0.15) is 0 Å². The van der Waals surface area contributed by atoms with Gasteiger partial charge in [-0.15, -0.1) is 22.7 Å². The van der Waals surface area contributed by atoms with Crippen molar-refractivity contribution in [1.82, 2.24) is 4.98 Å². The van der Waals surface area contributed by atoms with Crippen LogP contribution in [0.3, 0.4) is 0 Å². The normalized spacial score (nSPS) is 11.6.